The fraction of sp³-hybridized carbons (Fsp3) is 0.364. The summed E-state index contributed by atoms with van der Waals surface area (Å²) in [7, 11) is 0. The summed E-state index contributed by atoms with van der Waals surface area (Å²) in [5.74, 6) is 0.797. The van der Waals surface area contributed by atoms with E-state index in [4.69, 9.17) is 14.2 Å². The highest BCUT2D eigenvalue weighted by Crippen LogP contribution is 2.32. The van der Waals surface area contributed by atoms with E-state index in [2.05, 4.69) is 10.6 Å². The molecule has 1 aliphatic heterocycles. The summed E-state index contributed by atoms with van der Waals surface area (Å²) in [6.45, 7) is 5.02. The van der Waals surface area contributed by atoms with Gasteiger partial charge >= 0.3 is 6.09 Å². The molecule has 0 fully saturated rings. The van der Waals surface area contributed by atoms with E-state index in [1.807, 2.05) is 44.2 Å². The number of amides is 2. The molecule has 3 rings (SSSR count). The van der Waals surface area contributed by atoms with E-state index in [0.29, 0.717) is 30.4 Å². The predicted molar refractivity (Wildman–Crippen MR) is 109 cm³/mol. The number of nitrogens with one attached hydrogen (secondary N) is 2. The van der Waals surface area contributed by atoms with Gasteiger partial charge in [0.25, 0.3) is 0 Å². The molecule has 29 heavy (non-hydrogen) atoms. The molecule has 0 spiro atoms. The molecule has 1 aliphatic rings. The van der Waals surface area contributed by atoms with E-state index in [9.17, 15) is 9.59 Å². The zero-order chi connectivity index (χ0) is 20.6. The summed E-state index contributed by atoms with van der Waals surface area (Å²) >= 11 is 0. The van der Waals surface area contributed by atoms with Gasteiger partial charge in [-0.25, -0.2) is 4.79 Å². The topological polar surface area (TPSA) is 85.9 Å². The quantitative estimate of drug-likeness (QED) is 0.774. The van der Waals surface area contributed by atoms with Gasteiger partial charge in [0.2, 0.25) is 5.91 Å². The summed E-state index contributed by atoms with van der Waals surface area (Å²) in [5.41, 5.74) is 1.45. The molecule has 2 N–H and O–H groups in total. The molecule has 1 atom stereocenters. The molecule has 7 nitrogen and oxygen atoms in total. The van der Waals surface area contributed by atoms with Crippen molar-refractivity contribution in [2.45, 2.75) is 32.9 Å². The zero-order valence-electron chi connectivity index (χ0n) is 16.6. The molecule has 0 bridgehead atoms. The van der Waals surface area contributed by atoms with Gasteiger partial charge in [0.05, 0.1) is 13.2 Å². The average Bonchev–Trinajstić information content (AvgIpc) is 2.96. The Balaban J connectivity index is 1.59. The molecular formula is C22H26N2O5. The number of ether oxygens (including phenoxy) is 3. The van der Waals surface area contributed by atoms with E-state index in [1.54, 1.807) is 18.2 Å². The summed E-state index contributed by atoms with van der Waals surface area (Å²) in [4.78, 5) is 24.9. The van der Waals surface area contributed by atoms with Gasteiger partial charge in [0.1, 0.15) is 12.6 Å². The number of rotatable bonds is 6. The average molecular weight is 398 g/mol. The third-order valence-corrected chi connectivity index (χ3v) is 4.45. The van der Waals surface area contributed by atoms with Crippen LogP contribution in [0.1, 0.15) is 25.8 Å². The molecule has 0 unspecified atom stereocenters. The van der Waals surface area contributed by atoms with Gasteiger partial charge < -0.3 is 24.8 Å². The minimum absolute atomic E-state index is 0.125. The van der Waals surface area contributed by atoms with Crippen molar-refractivity contribution in [3.05, 3.63) is 54.1 Å². The van der Waals surface area contributed by atoms with Crippen LogP contribution < -0.4 is 20.1 Å². The monoisotopic (exact) mass is 398 g/mol. The standard InChI is InChI=1S/C22H26N2O5/c1-15(2)20(24-22(26)29-14-16-7-4-3-5-8-16)21(25)23-17-9-10-18-19(13-17)28-12-6-11-27-18/h3-5,7-10,13,15,20H,6,11-12,14H2,1-2H3,(H,23,25)(H,24,26)/t20-/m0/s1. The van der Waals surface area contributed by atoms with Crippen molar-refractivity contribution in [1.82, 2.24) is 5.32 Å². The van der Waals surface area contributed by atoms with Gasteiger partial charge in [0, 0.05) is 18.2 Å². The lowest BCUT2D eigenvalue weighted by atomic mass is 10.0. The van der Waals surface area contributed by atoms with Crippen molar-refractivity contribution in [3.8, 4) is 11.5 Å². The van der Waals surface area contributed by atoms with Crippen molar-refractivity contribution in [2.75, 3.05) is 18.5 Å². The lowest BCUT2D eigenvalue weighted by molar-refractivity contribution is -0.119. The van der Waals surface area contributed by atoms with Crippen LogP contribution in [0.4, 0.5) is 10.5 Å². The number of anilines is 1. The van der Waals surface area contributed by atoms with Gasteiger partial charge in [-0.2, -0.15) is 0 Å². The second-order valence-electron chi connectivity index (χ2n) is 7.13. The lowest BCUT2D eigenvalue weighted by Gasteiger charge is -2.21. The van der Waals surface area contributed by atoms with Crippen LogP contribution in [0.5, 0.6) is 11.5 Å². The number of hydrogen-bond acceptors (Lipinski definition) is 5. The van der Waals surface area contributed by atoms with Gasteiger partial charge in [0.15, 0.2) is 11.5 Å². The molecule has 0 radical (unpaired) electrons. The van der Waals surface area contributed by atoms with Crippen LogP contribution in [0.2, 0.25) is 0 Å². The molecule has 0 aromatic heterocycles. The normalized spacial score (nSPS) is 13.9. The third-order valence-electron chi connectivity index (χ3n) is 4.45. The van der Waals surface area contributed by atoms with Crippen LogP contribution in [0, 0.1) is 5.92 Å². The van der Waals surface area contributed by atoms with E-state index < -0.39 is 12.1 Å². The number of carbonyl (C=O) groups is 2. The largest absolute Gasteiger partial charge is 0.490 e. The van der Waals surface area contributed by atoms with Crippen LogP contribution in [-0.4, -0.2) is 31.3 Å². The Kier molecular flexibility index (Phi) is 6.94. The maximum atomic E-state index is 12.7. The van der Waals surface area contributed by atoms with Crippen molar-refractivity contribution >= 4 is 17.7 Å². The third kappa shape index (κ3) is 5.88. The van der Waals surface area contributed by atoms with E-state index in [1.165, 1.54) is 0 Å². The molecule has 1 heterocycles. The maximum absolute atomic E-state index is 12.7. The van der Waals surface area contributed by atoms with E-state index in [0.717, 1.165) is 12.0 Å². The second-order valence-corrected chi connectivity index (χ2v) is 7.13. The van der Waals surface area contributed by atoms with Gasteiger partial charge in [-0.3, -0.25) is 4.79 Å². The van der Waals surface area contributed by atoms with Gasteiger partial charge in [-0.05, 0) is 23.6 Å². The predicted octanol–water partition coefficient (Wildman–Crippen LogP) is 3.74. The maximum Gasteiger partial charge on any atom is 0.408 e. The summed E-state index contributed by atoms with van der Waals surface area (Å²) in [6, 6.07) is 13.9. The van der Waals surface area contributed by atoms with Crippen molar-refractivity contribution < 1.29 is 23.8 Å². The minimum Gasteiger partial charge on any atom is -0.490 e. The number of benzene rings is 2. The van der Waals surface area contributed by atoms with Crippen LogP contribution in [0.25, 0.3) is 0 Å². The molecule has 7 heteroatoms. The molecule has 2 aromatic rings. The molecule has 0 saturated carbocycles. The SMILES string of the molecule is CC(C)[C@H](NC(=O)OCc1ccccc1)C(=O)Nc1ccc2c(c1)OCCCO2. The molecule has 2 aromatic carbocycles. The number of hydrogen-bond donors (Lipinski definition) is 2. The Morgan fingerprint density at radius 2 is 1.76 bits per heavy atom. The second kappa shape index (κ2) is 9.82. The van der Waals surface area contributed by atoms with E-state index >= 15 is 0 Å². The number of carbonyl (C=O) groups excluding carboxylic acids is 2. The first kappa shape index (κ1) is 20.5. The minimum atomic E-state index is -0.741. The molecular weight excluding hydrogens is 372 g/mol. The summed E-state index contributed by atoms with van der Waals surface area (Å²) in [5, 5.41) is 5.48. The first-order chi connectivity index (χ1) is 14.0. The Hall–Kier alpha value is -3.22. The smallest absolute Gasteiger partial charge is 0.408 e. The summed E-state index contributed by atoms with van der Waals surface area (Å²) in [6.07, 6.45) is 0.169. The fourth-order valence-electron chi connectivity index (χ4n) is 2.89. The molecule has 154 valence electrons. The van der Waals surface area contributed by atoms with Crippen molar-refractivity contribution in [2.24, 2.45) is 5.92 Å². The summed E-state index contributed by atoms with van der Waals surface area (Å²) < 4.78 is 16.5. The Bertz CT molecular complexity index is 838. The fourth-order valence-corrected chi connectivity index (χ4v) is 2.89. The van der Waals surface area contributed by atoms with E-state index in [-0.39, 0.29) is 18.4 Å². The Morgan fingerprint density at radius 1 is 1.03 bits per heavy atom. The zero-order valence-corrected chi connectivity index (χ0v) is 16.6. The number of alkyl carbamates (subject to hydrolysis) is 1. The molecule has 2 amide bonds. The molecule has 0 saturated heterocycles. The van der Waals surface area contributed by atoms with Crippen LogP contribution in [0.3, 0.4) is 0 Å². The highest BCUT2D eigenvalue weighted by atomic mass is 16.5. The van der Waals surface area contributed by atoms with Gasteiger partial charge in [-0.15, -0.1) is 0 Å². The van der Waals surface area contributed by atoms with Crippen LogP contribution in [0.15, 0.2) is 48.5 Å². The Morgan fingerprint density at radius 3 is 2.48 bits per heavy atom. The number of fused-ring (bicyclic) bond motifs is 1. The first-order valence-electron chi connectivity index (χ1n) is 9.70. The Labute approximate surface area is 170 Å². The molecule has 0 aliphatic carbocycles. The van der Waals surface area contributed by atoms with Gasteiger partial charge in [-0.1, -0.05) is 44.2 Å². The lowest BCUT2D eigenvalue weighted by Crippen LogP contribution is -2.47. The van der Waals surface area contributed by atoms with Crippen LogP contribution in [-0.2, 0) is 16.1 Å². The van der Waals surface area contributed by atoms with Crippen molar-refractivity contribution in [1.29, 1.82) is 0 Å². The van der Waals surface area contributed by atoms with Crippen LogP contribution >= 0.6 is 0 Å². The first-order valence-corrected chi connectivity index (χ1v) is 9.70. The highest BCUT2D eigenvalue weighted by molar-refractivity contribution is 5.97. The van der Waals surface area contributed by atoms with Crippen molar-refractivity contribution in [3.63, 3.8) is 0 Å². The highest BCUT2D eigenvalue weighted by Gasteiger charge is 2.25.